The van der Waals surface area contributed by atoms with Gasteiger partial charge in [0, 0.05) is 0 Å². The van der Waals surface area contributed by atoms with E-state index in [-0.39, 0.29) is 5.91 Å². The van der Waals surface area contributed by atoms with Gasteiger partial charge in [0.05, 0.1) is 18.5 Å². The van der Waals surface area contributed by atoms with E-state index in [9.17, 15) is 4.79 Å². The molecule has 1 atom stereocenters. The van der Waals surface area contributed by atoms with Crippen molar-refractivity contribution in [3.63, 3.8) is 0 Å². The number of hydrogen-bond donors (Lipinski definition) is 1. The number of benzene rings is 3. The predicted octanol–water partition coefficient (Wildman–Crippen LogP) is 4.76. The highest BCUT2D eigenvalue weighted by atomic mass is 32.2. The van der Waals surface area contributed by atoms with E-state index in [0.29, 0.717) is 16.6 Å². The van der Waals surface area contributed by atoms with Gasteiger partial charge in [0.15, 0.2) is 0 Å². The Morgan fingerprint density at radius 3 is 2.53 bits per heavy atom. The Labute approximate surface area is 190 Å². The Balaban J connectivity index is 1.68. The normalized spacial score (nSPS) is 11.7. The van der Waals surface area contributed by atoms with Crippen LogP contribution < -0.4 is 10.1 Å². The second-order valence-corrected chi connectivity index (χ2v) is 8.33. The van der Waals surface area contributed by atoms with Crippen LogP contribution in [0.4, 0.5) is 5.69 Å². The van der Waals surface area contributed by atoms with Gasteiger partial charge in [-0.3, -0.25) is 4.79 Å². The van der Waals surface area contributed by atoms with Crippen LogP contribution in [0.5, 0.6) is 5.75 Å². The average Bonchev–Trinajstić information content (AvgIpc) is 3.26. The van der Waals surface area contributed by atoms with E-state index in [1.807, 2.05) is 86.6 Å². The minimum atomic E-state index is -0.574. The number of amides is 1. The first kappa shape index (κ1) is 21.6. The third kappa shape index (κ3) is 4.65. The van der Waals surface area contributed by atoms with Crippen molar-refractivity contribution >= 4 is 23.4 Å². The summed E-state index contributed by atoms with van der Waals surface area (Å²) < 4.78 is 7.09. The summed E-state index contributed by atoms with van der Waals surface area (Å²) in [4.78, 5) is 13.5. The van der Waals surface area contributed by atoms with Crippen molar-refractivity contribution in [1.82, 2.24) is 20.2 Å². The smallest absolute Gasteiger partial charge is 0.242 e. The fourth-order valence-electron chi connectivity index (χ4n) is 3.33. The summed E-state index contributed by atoms with van der Waals surface area (Å²) >= 11 is 1.30. The number of nitrogens with zero attached hydrogens (tertiary/aromatic N) is 4. The Morgan fingerprint density at radius 2 is 1.78 bits per heavy atom. The minimum absolute atomic E-state index is 0.190. The van der Waals surface area contributed by atoms with Gasteiger partial charge in [0.25, 0.3) is 0 Å². The molecule has 1 aromatic heterocycles. The first-order valence-corrected chi connectivity index (χ1v) is 11.0. The van der Waals surface area contributed by atoms with Gasteiger partial charge < -0.3 is 10.1 Å². The van der Waals surface area contributed by atoms with Crippen molar-refractivity contribution in [2.24, 2.45) is 0 Å². The zero-order chi connectivity index (χ0) is 22.5. The van der Waals surface area contributed by atoms with Gasteiger partial charge in [0.2, 0.25) is 11.1 Å². The molecule has 0 saturated heterocycles. The molecule has 0 radical (unpaired) electrons. The molecular formula is C24H23N5O2S. The van der Waals surface area contributed by atoms with E-state index in [4.69, 9.17) is 4.74 Å². The van der Waals surface area contributed by atoms with E-state index in [1.54, 1.807) is 11.8 Å². The van der Waals surface area contributed by atoms with Crippen molar-refractivity contribution in [2.45, 2.75) is 24.3 Å². The number of tetrazole rings is 1. The highest BCUT2D eigenvalue weighted by Gasteiger charge is 2.26. The van der Waals surface area contributed by atoms with Crippen LogP contribution in [0.2, 0.25) is 0 Å². The molecular weight excluding hydrogens is 422 g/mol. The monoisotopic (exact) mass is 445 g/mol. The molecule has 0 fully saturated rings. The summed E-state index contributed by atoms with van der Waals surface area (Å²) in [5.74, 6) is 0.412. The summed E-state index contributed by atoms with van der Waals surface area (Å²) in [6, 6.07) is 23.1. The molecule has 1 amide bonds. The summed E-state index contributed by atoms with van der Waals surface area (Å²) in [6.45, 7) is 3.96. The quantitative estimate of drug-likeness (QED) is 0.413. The molecule has 162 valence electrons. The standard InChI is InChI=1S/C24H23N5O2S/c1-16-13-14-21(31-3)19(15-16)25-23(30)22(18-10-5-4-6-11-18)32-24-26-27-28-29(24)20-12-8-7-9-17(20)2/h4-15,22H,1-3H3,(H,25,30). The average molecular weight is 446 g/mol. The number of nitrogens with one attached hydrogen (secondary N) is 1. The van der Waals surface area contributed by atoms with E-state index in [1.165, 1.54) is 11.8 Å². The Bertz CT molecular complexity index is 1230. The van der Waals surface area contributed by atoms with Crippen molar-refractivity contribution < 1.29 is 9.53 Å². The highest BCUT2D eigenvalue weighted by molar-refractivity contribution is 8.00. The van der Waals surface area contributed by atoms with Gasteiger partial charge in [-0.1, -0.05) is 66.4 Å². The maximum absolute atomic E-state index is 13.5. The number of para-hydroxylation sites is 1. The molecule has 0 aliphatic heterocycles. The first-order chi connectivity index (χ1) is 15.6. The molecule has 4 aromatic rings. The van der Waals surface area contributed by atoms with Crippen LogP contribution in [0.15, 0.2) is 78.0 Å². The van der Waals surface area contributed by atoms with Gasteiger partial charge in [-0.25, -0.2) is 0 Å². The van der Waals surface area contributed by atoms with E-state index < -0.39 is 5.25 Å². The molecule has 8 heteroatoms. The summed E-state index contributed by atoms with van der Waals surface area (Å²) in [5, 5.41) is 15.2. The predicted molar refractivity (Wildman–Crippen MR) is 125 cm³/mol. The van der Waals surface area contributed by atoms with E-state index >= 15 is 0 Å². The molecule has 0 aliphatic carbocycles. The Kier molecular flexibility index (Phi) is 6.51. The number of hydrogen-bond acceptors (Lipinski definition) is 6. The van der Waals surface area contributed by atoms with Crippen LogP contribution in [-0.4, -0.2) is 33.2 Å². The highest BCUT2D eigenvalue weighted by Crippen LogP contribution is 2.37. The molecule has 7 nitrogen and oxygen atoms in total. The van der Waals surface area contributed by atoms with Crippen LogP contribution in [-0.2, 0) is 4.79 Å². The third-order valence-electron chi connectivity index (χ3n) is 4.96. The van der Waals surface area contributed by atoms with Crippen LogP contribution in [0.25, 0.3) is 5.69 Å². The summed E-state index contributed by atoms with van der Waals surface area (Å²) in [6.07, 6.45) is 0. The lowest BCUT2D eigenvalue weighted by Gasteiger charge is -2.18. The minimum Gasteiger partial charge on any atom is -0.495 e. The van der Waals surface area contributed by atoms with Crippen molar-refractivity contribution in [2.75, 3.05) is 12.4 Å². The second-order valence-electron chi connectivity index (χ2n) is 7.26. The maximum atomic E-state index is 13.5. The van der Waals surface area contributed by atoms with Crippen LogP contribution in [0.1, 0.15) is 21.9 Å². The van der Waals surface area contributed by atoms with Gasteiger partial charge in [-0.2, -0.15) is 4.68 Å². The van der Waals surface area contributed by atoms with Crippen molar-refractivity contribution in [3.05, 3.63) is 89.5 Å². The van der Waals surface area contributed by atoms with Crippen LogP contribution in [0, 0.1) is 13.8 Å². The number of anilines is 1. The van der Waals surface area contributed by atoms with Crippen LogP contribution >= 0.6 is 11.8 Å². The molecule has 1 unspecified atom stereocenters. The second kappa shape index (κ2) is 9.65. The number of thioether (sulfide) groups is 1. The molecule has 4 rings (SSSR count). The number of aromatic nitrogens is 4. The lowest BCUT2D eigenvalue weighted by atomic mass is 10.1. The number of rotatable bonds is 7. The van der Waals surface area contributed by atoms with E-state index in [0.717, 1.165) is 22.4 Å². The largest absolute Gasteiger partial charge is 0.495 e. The summed E-state index contributed by atoms with van der Waals surface area (Å²) in [5.41, 5.74) is 4.39. The fourth-order valence-corrected chi connectivity index (χ4v) is 4.32. The zero-order valence-corrected chi connectivity index (χ0v) is 18.8. The van der Waals surface area contributed by atoms with E-state index in [2.05, 4.69) is 20.8 Å². The first-order valence-electron chi connectivity index (χ1n) is 10.1. The lowest BCUT2D eigenvalue weighted by Crippen LogP contribution is -2.20. The van der Waals surface area contributed by atoms with Gasteiger partial charge >= 0.3 is 0 Å². The SMILES string of the molecule is COc1ccc(C)cc1NC(=O)C(Sc1nnnn1-c1ccccc1C)c1ccccc1. The fraction of sp³-hybridized carbons (Fsp3) is 0.167. The molecule has 0 aliphatic rings. The van der Waals surface area contributed by atoms with Crippen molar-refractivity contribution in [1.29, 1.82) is 0 Å². The lowest BCUT2D eigenvalue weighted by molar-refractivity contribution is -0.115. The third-order valence-corrected chi connectivity index (χ3v) is 6.15. The maximum Gasteiger partial charge on any atom is 0.242 e. The molecule has 0 spiro atoms. The van der Waals surface area contributed by atoms with Gasteiger partial charge in [-0.05, 0) is 59.2 Å². The molecule has 3 aromatic carbocycles. The van der Waals surface area contributed by atoms with Gasteiger partial charge in [-0.15, -0.1) is 5.10 Å². The molecule has 0 bridgehead atoms. The molecule has 1 heterocycles. The zero-order valence-electron chi connectivity index (χ0n) is 18.0. The van der Waals surface area contributed by atoms with Crippen molar-refractivity contribution in [3.8, 4) is 11.4 Å². The number of carbonyl (C=O) groups is 1. The van der Waals surface area contributed by atoms with Crippen LogP contribution in [0.3, 0.4) is 0 Å². The molecule has 1 N–H and O–H groups in total. The summed E-state index contributed by atoms with van der Waals surface area (Å²) in [7, 11) is 1.58. The number of aryl methyl sites for hydroxylation is 2. The van der Waals surface area contributed by atoms with Gasteiger partial charge in [0.1, 0.15) is 11.0 Å². The number of carbonyl (C=O) groups excluding carboxylic acids is 1. The molecule has 0 saturated carbocycles. The molecule has 32 heavy (non-hydrogen) atoms. The number of ether oxygens (including phenoxy) is 1. The number of methoxy groups -OCH3 is 1. The Hall–Kier alpha value is -3.65. The topological polar surface area (TPSA) is 81.9 Å². The Morgan fingerprint density at radius 1 is 1.03 bits per heavy atom.